The lowest BCUT2D eigenvalue weighted by molar-refractivity contribution is -0.122. The number of ketones is 1. The van der Waals surface area contributed by atoms with Crippen molar-refractivity contribution in [3.05, 3.63) is 0 Å². The minimum Gasteiger partial charge on any atom is -0.328 e. The van der Waals surface area contributed by atoms with Gasteiger partial charge in [0.1, 0.15) is 5.78 Å². The predicted octanol–water partition coefficient (Wildman–Crippen LogP) is 2.51. The Morgan fingerprint density at radius 3 is 2.38 bits per heavy atom. The highest BCUT2D eigenvalue weighted by Gasteiger charge is 2.11. The smallest absolute Gasteiger partial charge is 0.135 e. The number of hydrogen-bond acceptors (Lipinski definition) is 2. The fourth-order valence-electron chi connectivity index (χ4n) is 1.44. The van der Waals surface area contributed by atoms with Crippen LogP contribution in [0.2, 0.25) is 0 Å². The third-order valence-corrected chi connectivity index (χ3v) is 2.35. The van der Waals surface area contributed by atoms with E-state index in [1.165, 1.54) is 0 Å². The normalized spacial score (nSPS) is 15.4. The molecule has 0 heterocycles. The van der Waals surface area contributed by atoms with E-state index < -0.39 is 0 Å². The minimum atomic E-state index is 0.231. The van der Waals surface area contributed by atoms with Crippen LogP contribution in [0.15, 0.2) is 0 Å². The van der Waals surface area contributed by atoms with Crippen molar-refractivity contribution in [2.45, 2.75) is 58.9 Å². The lowest BCUT2D eigenvalue weighted by Crippen LogP contribution is -2.16. The van der Waals surface area contributed by atoms with E-state index in [1.54, 1.807) is 0 Å². The van der Waals surface area contributed by atoms with E-state index in [9.17, 15) is 4.79 Å². The lowest BCUT2D eigenvalue weighted by atomic mass is 9.96. The lowest BCUT2D eigenvalue weighted by Gasteiger charge is -2.09. The average molecular weight is 185 g/mol. The summed E-state index contributed by atoms with van der Waals surface area (Å²) in [6, 6.07) is 0.231. The van der Waals surface area contributed by atoms with Crippen LogP contribution in [0.25, 0.3) is 0 Å². The maximum atomic E-state index is 11.5. The van der Waals surface area contributed by atoms with Crippen molar-refractivity contribution in [3.8, 4) is 0 Å². The molecule has 0 radical (unpaired) electrons. The second kappa shape index (κ2) is 7.07. The summed E-state index contributed by atoms with van der Waals surface area (Å²) in [4.78, 5) is 11.5. The van der Waals surface area contributed by atoms with Gasteiger partial charge in [-0.05, 0) is 26.2 Å². The maximum Gasteiger partial charge on any atom is 0.135 e. The average Bonchev–Trinajstić information content (AvgIpc) is 2.04. The van der Waals surface area contributed by atoms with Crippen molar-refractivity contribution in [2.24, 2.45) is 11.7 Å². The van der Waals surface area contributed by atoms with Crippen LogP contribution in [0.1, 0.15) is 52.9 Å². The Morgan fingerprint density at radius 1 is 1.31 bits per heavy atom. The summed E-state index contributed by atoms with van der Waals surface area (Å²) in [6.07, 6.45) is 4.75. The number of carbonyl (C=O) groups is 1. The van der Waals surface area contributed by atoms with Crippen molar-refractivity contribution in [2.75, 3.05) is 0 Å². The Kier molecular flexibility index (Phi) is 6.87. The van der Waals surface area contributed by atoms with E-state index in [-0.39, 0.29) is 12.0 Å². The molecule has 2 heteroatoms. The largest absolute Gasteiger partial charge is 0.328 e. The summed E-state index contributed by atoms with van der Waals surface area (Å²) in [7, 11) is 0. The molecule has 13 heavy (non-hydrogen) atoms. The van der Waals surface area contributed by atoms with Crippen LogP contribution in [0.3, 0.4) is 0 Å². The molecule has 0 aromatic carbocycles. The molecule has 0 fully saturated rings. The highest BCUT2D eigenvalue weighted by molar-refractivity contribution is 5.80. The number of Topliss-reactive ketones (excluding diaryl/α,β-unsaturated/α-hetero) is 1. The Morgan fingerprint density at radius 2 is 1.92 bits per heavy atom. The topological polar surface area (TPSA) is 43.1 Å². The third kappa shape index (κ3) is 6.76. The number of hydrogen-bond donors (Lipinski definition) is 1. The highest BCUT2D eigenvalue weighted by Crippen LogP contribution is 2.11. The van der Waals surface area contributed by atoms with Crippen LogP contribution in [-0.4, -0.2) is 11.8 Å². The van der Waals surface area contributed by atoms with Crippen LogP contribution < -0.4 is 5.73 Å². The van der Waals surface area contributed by atoms with Gasteiger partial charge < -0.3 is 5.73 Å². The van der Waals surface area contributed by atoms with Crippen molar-refractivity contribution < 1.29 is 4.79 Å². The SMILES string of the molecule is CCCC(C)C(=O)CCCC(C)N. The summed E-state index contributed by atoms with van der Waals surface area (Å²) < 4.78 is 0. The molecule has 0 spiro atoms. The van der Waals surface area contributed by atoms with Crippen LogP contribution in [-0.2, 0) is 4.79 Å². The molecule has 78 valence electrons. The zero-order valence-corrected chi connectivity index (χ0v) is 9.18. The van der Waals surface area contributed by atoms with Gasteiger partial charge >= 0.3 is 0 Å². The third-order valence-electron chi connectivity index (χ3n) is 2.35. The van der Waals surface area contributed by atoms with Gasteiger partial charge in [-0.3, -0.25) is 4.79 Å². The Bertz CT molecular complexity index is 143. The molecule has 0 aromatic rings. The molecule has 2 unspecified atom stereocenters. The van der Waals surface area contributed by atoms with Crippen LogP contribution >= 0.6 is 0 Å². The molecule has 0 aromatic heterocycles. The van der Waals surface area contributed by atoms with E-state index in [0.717, 1.165) is 25.7 Å². The first-order valence-electron chi connectivity index (χ1n) is 5.36. The monoisotopic (exact) mass is 185 g/mol. The standard InChI is InChI=1S/C11H23NO/c1-4-6-9(2)11(13)8-5-7-10(3)12/h9-10H,4-8,12H2,1-3H3. The van der Waals surface area contributed by atoms with E-state index in [0.29, 0.717) is 12.2 Å². The summed E-state index contributed by atoms with van der Waals surface area (Å²) in [5.74, 6) is 0.653. The summed E-state index contributed by atoms with van der Waals surface area (Å²) in [5.41, 5.74) is 5.60. The first-order chi connectivity index (χ1) is 6.07. The maximum absolute atomic E-state index is 11.5. The second-order valence-corrected chi connectivity index (χ2v) is 4.03. The van der Waals surface area contributed by atoms with Crippen molar-refractivity contribution >= 4 is 5.78 Å². The fraction of sp³-hybridized carbons (Fsp3) is 0.909. The van der Waals surface area contributed by atoms with Gasteiger partial charge in [0, 0.05) is 18.4 Å². The molecule has 0 aliphatic rings. The van der Waals surface area contributed by atoms with Gasteiger partial charge in [-0.2, -0.15) is 0 Å². The Balaban J connectivity index is 3.50. The quantitative estimate of drug-likeness (QED) is 0.662. The van der Waals surface area contributed by atoms with Gasteiger partial charge in [-0.25, -0.2) is 0 Å². The van der Waals surface area contributed by atoms with Crippen LogP contribution in [0.4, 0.5) is 0 Å². The van der Waals surface area contributed by atoms with E-state index in [4.69, 9.17) is 5.73 Å². The second-order valence-electron chi connectivity index (χ2n) is 4.03. The molecule has 0 saturated carbocycles. The molecule has 2 N–H and O–H groups in total. The molecule has 0 rings (SSSR count). The molecule has 2 nitrogen and oxygen atoms in total. The molecule has 0 bridgehead atoms. The molecule has 0 aliphatic carbocycles. The first-order valence-corrected chi connectivity index (χ1v) is 5.36. The molecule has 0 saturated heterocycles. The van der Waals surface area contributed by atoms with Crippen molar-refractivity contribution in [3.63, 3.8) is 0 Å². The Labute approximate surface area is 81.9 Å². The van der Waals surface area contributed by atoms with Crippen molar-refractivity contribution in [1.29, 1.82) is 0 Å². The summed E-state index contributed by atoms with van der Waals surface area (Å²) in [6.45, 7) is 6.13. The van der Waals surface area contributed by atoms with Gasteiger partial charge in [0.05, 0.1) is 0 Å². The fourth-order valence-corrected chi connectivity index (χ4v) is 1.44. The van der Waals surface area contributed by atoms with E-state index in [2.05, 4.69) is 6.92 Å². The van der Waals surface area contributed by atoms with Gasteiger partial charge in [0.2, 0.25) is 0 Å². The van der Waals surface area contributed by atoms with Gasteiger partial charge in [-0.15, -0.1) is 0 Å². The van der Waals surface area contributed by atoms with Crippen LogP contribution in [0.5, 0.6) is 0 Å². The molecule has 0 amide bonds. The number of carbonyl (C=O) groups excluding carboxylic acids is 1. The Hall–Kier alpha value is -0.370. The van der Waals surface area contributed by atoms with Gasteiger partial charge in [0.15, 0.2) is 0 Å². The van der Waals surface area contributed by atoms with E-state index >= 15 is 0 Å². The molecule has 0 aliphatic heterocycles. The predicted molar refractivity (Wildman–Crippen MR) is 56.6 cm³/mol. The zero-order valence-electron chi connectivity index (χ0n) is 9.18. The minimum absolute atomic E-state index is 0.231. The molecular weight excluding hydrogens is 162 g/mol. The molecular formula is C11H23NO. The first kappa shape index (κ1) is 12.6. The highest BCUT2D eigenvalue weighted by atomic mass is 16.1. The van der Waals surface area contributed by atoms with Gasteiger partial charge in [0.25, 0.3) is 0 Å². The summed E-state index contributed by atoms with van der Waals surface area (Å²) >= 11 is 0. The number of rotatable bonds is 7. The van der Waals surface area contributed by atoms with E-state index in [1.807, 2.05) is 13.8 Å². The van der Waals surface area contributed by atoms with Crippen molar-refractivity contribution in [1.82, 2.24) is 0 Å². The number of nitrogens with two attached hydrogens (primary N) is 1. The summed E-state index contributed by atoms with van der Waals surface area (Å²) in [5, 5.41) is 0. The molecule has 2 atom stereocenters. The van der Waals surface area contributed by atoms with Gasteiger partial charge in [-0.1, -0.05) is 20.3 Å². The zero-order chi connectivity index (χ0) is 10.3. The van der Waals surface area contributed by atoms with Crippen LogP contribution in [0, 0.1) is 5.92 Å².